The molecule has 1 amide bonds. The van der Waals surface area contributed by atoms with E-state index in [1.165, 1.54) is 0 Å². The molecule has 0 aliphatic rings. The molecular formula is C17H10BrClN2O. The van der Waals surface area contributed by atoms with Gasteiger partial charge in [0.2, 0.25) is 0 Å². The van der Waals surface area contributed by atoms with E-state index < -0.39 is 0 Å². The first-order valence-corrected chi connectivity index (χ1v) is 7.60. The summed E-state index contributed by atoms with van der Waals surface area (Å²) in [4.78, 5) is 15.4. The average molecular weight is 374 g/mol. The van der Waals surface area contributed by atoms with Crippen LogP contribution in [0.2, 0.25) is 5.02 Å². The van der Waals surface area contributed by atoms with Gasteiger partial charge in [0, 0.05) is 26.6 Å². The number of aromatic nitrogens is 1. The van der Waals surface area contributed by atoms with Crippen molar-refractivity contribution in [1.29, 1.82) is 0 Å². The summed E-state index contributed by atoms with van der Waals surface area (Å²) in [6.45, 7) is 0. The Hall–Kier alpha value is -2.22. The Kier molecular flexibility index (Phi) is 3.93. The Bertz CT molecular complexity index is 924. The highest BCUT2D eigenvalue weighted by Gasteiger charge is 2.16. The van der Waals surface area contributed by atoms with Gasteiger partial charge in [-0.2, -0.15) is 0 Å². The quantitative estimate of drug-likeness (QED) is 0.622. The molecule has 3 nitrogen and oxygen atoms in total. The van der Waals surface area contributed by atoms with Gasteiger partial charge in [-0.15, -0.1) is 6.42 Å². The molecule has 1 aromatic heterocycles. The van der Waals surface area contributed by atoms with Crippen LogP contribution in [0.15, 0.2) is 46.9 Å². The lowest BCUT2D eigenvalue weighted by Gasteiger charge is -2.04. The molecule has 0 saturated heterocycles. The molecule has 0 aliphatic carbocycles. The van der Waals surface area contributed by atoms with Gasteiger partial charge in [-0.1, -0.05) is 39.5 Å². The number of carbonyl (C=O) groups excluding carboxylic acids is 1. The average Bonchev–Trinajstić information content (AvgIpc) is 2.84. The van der Waals surface area contributed by atoms with Gasteiger partial charge in [-0.25, -0.2) is 0 Å². The van der Waals surface area contributed by atoms with Crippen molar-refractivity contribution in [3.05, 3.63) is 63.2 Å². The Labute approximate surface area is 140 Å². The number of hydrogen-bond acceptors (Lipinski definition) is 1. The van der Waals surface area contributed by atoms with E-state index in [-0.39, 0.29) is 5.91 Å². The van der Waals surface area contributed by atoms with Gasteiger partial charge in [-0.05, 0) is 36.4 Å². The molecule has 3 aromatic rings. The molecule has 5 heteroatoms. The van der Waals surface area contributed by atoms with Crippen molar-refractivity contribution in [3.63, 3.8) is 0 Å². The summed E-state index contributed by atoms with van der Waals surface area (Å²) >= 11 is 9.69. The number of fused-ring (bicyclic) bond motifs is 1. The van der Waals surface area contributed by atoms with Gasteiger partial charge in [0.15, 0.2) is 0 Å². The fraction of sp³-hybridized carbons (Fsp3) is 0. The normalized spacial score (nSPS) is 10.4. The zero-order chi connectivity index (χ0) is 15.7. The van der Waals surface area contributed by atoms with Crippen molar-refractivity contribution in [2.75, 3.05) is 5.32 Å². The second kappa shape index (κ2) is 5.88. The molecule has 3 rings (SSSR count). The minimum Gasteiger partial charge on any atom is -0.349 e. The maximum atomic E-state index is 12.4. The maximum Gasteiger partial charge on any atom is 0.273 e. The molecule has 2 N–H and O–H groups in total. The lowest BCUT2D eigenvalue weighted by molar-refractivity contribution is 0.102. The molecule has 0 saturated carbocycles. The molecule has 0 bridgehead atoms. The van der Waals surface area contributed by atoms with E-state index in [1.807, 2.05) is 18.2 Å². The van der Waals surface area contributed by atoms with Crippen LogP contribution < -0.4 is 5.32 Å². The molecule has 0 fully saturated rings. The molecule has 2 aromatic carbocycles. The van der Waals surface area contributed by atoms with Crippen molar-refractivity contribution in [1.82, 2.24) is 4.98 Å². The molecule has 0 aliphatic heterocycles. The lowest BCUT2D eigenvalue weighted by atomic mass is 10.2. The number of benzene rings is 2. The fourth-order valence-corrected chi connectivity index (χ4v) is 2.82. The fourth-order valence-electron chi connectivity index (χ4n) is 2.17. The Morgan fingerprint density at radius 2 is 2.09 bits per heavy atom. The molecular weight excluding hydrogens is 364 g/mol. The third-order valence-corrected chi connectivity index (χ3v) is 4.10. The Morgan fingerprint density at radius 1 is 1.27 bits per heavy atom. The zero-order valence-corrected chi connectivity index (χ0v) is 13.6. The van der Waals surface area contributed by atoms with Crippen molar-refractivity contribution < 1.29 is 4.79 Å². The number of carbonyl (C=O) groups is 1. The molecule has 0 unspecified atom stereocenters. The van der Waals surface area contributed by atoms with Crippen molar-refractivity contribution >= 4 is 50.0 Å². The summed E-state index contributed by atoms with van der Waals surface area (Å²) in [5, 5.41) is 3.97. The molecule has 0 radical (unpaired) electrons. The second-order valence-electron chi connectivity index (χ2n) is 4.68. The van der Waals surface area contributed by atoms with Gasteiger partial charge in [0.1, 0.15) is 5.69 Å². The number of H-pyrrole nitrogens is 1. The maximum absolute atomic E-state index is 12.4. The van der Waals surface area contributed by atoms with Crippen LogP contribution in [-0.4, -0.2) is 10.9 Å². The van der Waals surface area contributed by atoms with Crippen LogP contribution in [0.5, 0.6) is 0 Å². The summed E-state index contributed by atoms with van der Waals surface area (Å²) < 4.78 is 0.898. The molecule has 0 atom stereocenters. The van der Waals surface area contributed by atoms with Crippen LogP contribution in [0.1, 0.15) is 16.1 Å². The lowest BCUT2D eigenvalue weighted by Crippen LogP contribution is -2.12. The van der Waals surface area contributed by atoms with Crippen LogP contribution >= 0.6 is 27.5 Å². The van der Waals surface area contributed by atoms with E-state index in [1.54, 1.807) is 24.3 Å². The van der Waals surface area contributed by atoms with E-state index >= 15 is 0 Å². The third-order valence-electron chi connectivity index (χ3n) is 3.21. The number of hydrogen-bond donors (Lipinski definition) is 2. The highest BCUT2D eigenvalue weighted by atomic mass is 79.9. The van der Waals surface area contributed by atoms with Crippen molar-refractivity contribution in [3.8, 4) is 12.3 Å². The van der Waals surface area contributed by atoms with Gasteiger partial charge < -0.3 is 10.3 Å². The highest BCUT2D eigenvalue weighted by Crippen LogP contribution is 2.30. The largest absolute Gasteiger partial charge is 0.349 e. The zero-order valence-electron chi connectivity index (χ0n) is 11.3. The van der Waals surface area contributed by atoms with Crippen LogP contribution in [0.4, 0.5) is 5.69 Å². The number of rotatable bonds is 2. The topological polar surface area (TPSA) is 44.9 Å². The predicted molar refractivity (Wildman–Crippen MR) is 93.3 cm³/mol. The SMILES string of the molecule is C#Cc1cccc(NC(=O)c2[nH]c3ccc(Br)cc3c2Cl)c1. The minimum absolute atomic E-state index is 0.313. The van der Waals surface area contributed by atoms with E-state index in [0.29, 0.717) is 22.0 Å². The minimum atomic E-state index is -0.313. The van der Waals surface area contributed by atoms with Crippen LogP contribution in [0, 0.1) is 12.3 Å². The van der Waals surface area contributed by atoms with Gasteiger partial charge in [0.05, 0.1) is 5.02 Å². The number of halogens is 2. The smallest absolute Gasteiger partial charge is 0.273 e. The van der Waals surface area contributed by atoms with Gasteiger partial charge in [-0.3, -0.25) is 4.79 Å². The standard InChI is InChI=1S/C17H10BrClN2O/c1-2-10-4-3-5-12(8-10)20-17(22)16-15(19)13-9-11(18)6-7-14(13)21-16/h1,3-9,21H,(H,20,22). The molecule has 22 heavy (non-hydrogen) atoms. The van der Waals surface area contributed by atoms with Gasteiger partial charge >= 0.3 is 0 Å². The van der Waals surface area contributed by atoms with E-state index in [0.717, 1.165) is 15.4 Å². The highest BCUT2D eigenvalue weighted by molar-refractivity contribution is 9.10. The Balaban J connectivity index is 1.95. The Morgan fingerprint density at radius 3 is 2.86 bits per heavy atom. The van der Waals surface area contributed by atoms with Crippen molar-refractivity contribution in [2.24, 2.45) is 0 Å². The third kappa shape index (κ3) is 2.74. The van der Waals surface area contributed by atoms with E-state index in [2.05, 4.69) is 32.2 Å². The summed E-state index contributed by atoms with van der Waals surface area (Å²) in [5.74, 6) is 2.22. The number of aromatic amines is 1. The molecule has 1 heterocycles. The predicted octanol–water partition coefficient (Wildman–Crippen LogP) is 4.82. The second-order valence-corrected chi connectivity index (χ2v) is 5.98. The summed E-state index contributed by atoms with van der Waals surface area (Å²) in [7, 11) is 0. The first-order chi connectivity index (χ1) is 10.6. The molecule has 0 spiro atoms. The van der Waals surface area contributed by atoms with Crippen LogP contribution in [0.3, 0.4) is 0 Å². The number of anilines is 1. The number of terminal acetylenes is 1. The van der Waals surface area contributed by atoms with E-state index in [4.69, 9.17) is 18.0 Å². The number of nitrogens with one attached hydrogen (secondary N) is 2. The van der Waals surface area contributed by atoms with Crippen molar-refractivity contribution in [2.45, 2.75) is 0 Å². The number of amides is 1. The van der Waals surface area contributed by atoms with Crippen LogP contribution in [0.25, 0.3) is 10.9 Å². The first-order valence-electron chi connectivity index (χ1n) is 6.43. The van der Waals surface area contributed by atoms with Crippen LogP contribution in [-0.2, 0) is 0 Å². The molecule has 108 valence electrons. The van der Waals surface area contributed by atoms with Gasteiger partial charge in [0.25, 0.3) is 5.91 Å². The summed E-state index contributed by atoms with van der Waals surface area (Å²) in [6.07, 6.45) is 5.36. The van der Waals surface area contributed by atoms with E-state index in [9.17, 15) is 4.79 Å². The summed E-state index contributed by atoms with van der Waals surface area (Å²) in [6, 6.07) is 12.7. The monoisotopic (exact) mass is 372 g/mol. The first kappa shape index (κ1) is 14.7. The summed E-state index contributed by atoms with van der Waals surface area (Å²) in [5.41, 5.74) is 2.44.